The van der Waals surface area contributed by atoms with Crippen molar-refractivity contribution in [1.82, 2.24) is 19.5 Å². The molecule has 0 bridgehead atoms. The van der Waals surface area contributed by atoms with Gasteiger partial charge >= 0.3 is 12.1 Å². The van der Waals surface area contributed by atoms with Gasteiger partial charge in [-0.25, -0.2) is 17.9 Å². The maximum Gasteiger partial charge on any atom is 0.471 e. The number of rotatable bonds is 4. The van der Waals surface area contributed by atoms with Gasteiger partial charge in [-0.15, -0.1) is 0 Å². The number of hydrogen-bond donors (Lipinski definition) is 0. The Balaban J connectivity index is 1.62. The highest BCUT2D eigenvalue weighted by Crippen LogP contribution is 2.29. The van der Waals surface area contributed by atoms with E-state index in [9.17, 15) is 21.8 Å². The highest BCUT2D eigenvalue weighted by molar-refractivity contribution is 7.93. The maximum atomic E-state index is 13.2. The third-order valence-corrected chi connectivity index (χ3v) is 6.42. The van der Waals surface area contributed by atoms with Gasteiger partial charge in [0.15, 0.2) is 0 Å². The van der Waals surface area contributed by atoms with Crippen molar-refractivity contribution in [2.75, 3.05) is 6.26 Å². The Bertz CT molecular complexity index is 1410. The van der Waals surface area contributed by atoms with E-state index in [1.807, 2.05) is 0 Å². The fourth-order valence-corrected chi connectivity index (χ4v) is 4.61. The Hall–Kier alpha value is -2.99. The summed E-state index contributed by atoms with van der Waals surface area (Å²) in [5.41, 5.74) is 1.22. The molecule has 1 aromatic carbocycles. The van der Waals surface area contributed by atoms with Crippen molar-refractivity contribution in [1.29, 1.82) is 0 Å². The first kappa shape index (κ1) is 21.2. The molecule has 162 valence electrons. The molecule has 0 fully saturated rings. The first-order chi connectivity index (χ1) is 14.5. The van der Waals surface area contributed by atoms with Crippen molar-refractivity contribution in [3.05, 3.63) is 65.2 Å². The van der Waals surface area contributed by atoms with Gasteiger partial charge in [0.2, 0.25) is 5.82 Å². The van der Waals surface area contributed by atoms with E-state index in [1.54, 1.807) is 16.7 Å². The van der Waals surface area contributed by atoms with E-state index in [0.29, 0.717) is 11.3 Å². The van der Waals surface area contributed by atoms with Gasteiger partial charge in [0.1, 0.15) is 11.5 Å². The van der Waals surface area contributed by atoms with Crippen LogP contribution in [0.5, 0.6) is 0 Å². The monoisotopic (exact) mass is 473 g/mol. The second kappa shape index (κ2) is 7.61. The summed E-state index contributed by atoms with van der Waals surface area (Å²) >= 11 is 5.98. The lowest BCUT2D eigenvalue weighted by Crippen LogP contribution is -2.04. The highest BCUT2D eigenvalue weighted by Gasteiger charge is 2.38. The zero-order valence-electron chi connectivity index (χ0n) is 15.6. The summed E-state index contributed by atoms with van der Waals surface area (Å²) in [6, 6.07) is 6.58. The second-order valence-electron chi connectivity index (χ2n) is 6.50. The Morgan fingerprint density at radius 1 is 1.19 bits per heavy atom. The van der Waals surface area contributed by atoms with Crippen molar-refractivity contribution in [3.8, 4) is 11.4 Å². The number of halogens is 5. The number of fused-ring (bicyclic) bond motifs is 1. The quantitative estimate of drug-likeness (QED) is 0.395. The van der Waals surface area contributed by atoms with Gasteiger partial charge in [0.05, 0.1) is 31.9 Å². The summed E-state index contributed by atoms with van der Waals surface area (Å²) < 4.78 is 74.0. The van der Waals surface area contributed by atoms with Crippen molar-refractivity contribution in [2.24, 2.45) is 4.36 Å². The van der Waals surface area contributed by atoms with E-state index >= 15 is 0 Å². The molecule has 0 saturated carbocycles. The molecule has 7 nitrogen and oxygen atoms in total. The van der Waals surface area contributed by atoms with Crippen LogP contribution in [0.3, 0.4) is 0 Å². The van der Waals surface area contributed by atoms with Gasteiger partial charge in [-0.3, -0.25) is 0 Å². The van der Waals surface area contributed by atoms with Crippen molar-refractivity contribution in [2.45, 2.75) is 17.6 Å². The molecule has 0 amide bonds. The van der Waals surface area contributed by atoms with Gasteiger partial charge < -0.3 is 8.92 Å². The molecule has 31 heavy (non-hydrogen) atoms. The summed E-state index contributed by atoms with van der Waals surface area (Å²) in [5.74, 6) is -2.22. The molecule has 0 radical (unpaired) electrons. The maximum absolute atomic E-state index is 13.2. The Morgan fingerprint density at radius 2 is 1.97 bits per heavy atom. The van der Waals surface area contributed by atoms with E-state index in [0.717, 1.165) is 12.1 Å². The minimum absolute atomic E-state index is 0.00855. The van der Waals surface area contributed by atoms with Crippen molar-refractivity contribution >= 4 is 27.0 Å². The van der Waals surface area contributed by atoms with Crippen molar-refractivity contribution < 1.29 is 26.3 Å². The molecule has 0 spiro atoms. The van der Waals surface area contributed by atoms with E-state index in [2.05, 4.69) is 24.0 Å². The zero-order chi connectivity index (χ0) is 22.4. The van der Waals surface area contributed by atoms with Crippen LogP contribution in [0.4, 0.5) is 17.6 Å². The predicted molar refractivity (Wildman–Crippen MR) is 103 cm³/mol. The largest absolute Gasteiger partial charge is 0.471 e. The van der Waals surface area contributed by atoms with Crippen LogP contribution in [-0.4, -0.2) is 30.0 Å². The fraction of sp³-hybridized carbons (Fsp3) is 0.167. The molecule has 0 aliphatic carbocycles. The third kappa shape index (κ3) is 4.39. The molecule has 1 atom stereocenters. The van der Waals surface area contributed by atoms with Crippen molar-refractivity contribution in [3.63, 3.8) is 0 Å². The molecular weight excluding hydrogens is 462 g/mol. The molecular formula is C18H12ClF4N5O2S. The molecule has 0 N–H and O–H groups in total. The van der Waals surface area contributed by atoms with Crippen LogP contribution in [0.25, 0.3) is 17.0 Å². The van der Waals surface area contributed by atoms with Crippen LogP contribution >= 0.6 is 11.6 Å². The molecule has 13 heteroatoms. The smallest absolute Gasteiger partial charge is 0.329 e. The van der Waals surface area contributed by atoms with Gasteiger partial charge in [-0.1, -0.05) is 16.8 Å². The zero-order valence-corrected chi connectivity index (χ0v) is 17.2. The second-order valence-corrected chi connectivity index (χ2v) is 9.21. The minimum Gasteiger partial charge on any atom is -0.329 e. The molecule has 1 unspecified atom stereocenters. The van der Waals surface area contributed by atoms with Gasteiger partial charge in [-0.05, 0) is 30.3 Å². The first-order valence-electron chi connectivity index (χ1n) is 8.55. The highest BCUT2D eigenvalue weighted by atomic mass is 35.5. The van der Waals surface area contributed by atoms with Crippen LogP contribution in [-0.2, 0) is 22.5 Å². The molecule has 0 aliphatic rings. The number of nitrogens with zero attached hydrogens (tertiary/aromatic N) is 5. The van der Waals surface area contributed by atoms with E-state index in [-0.39, 0.29) is 27.9 Å². The molecule has 4 rings (SSSR count). The lowest BCUT2D eigenvalue weighted by Gasteiger charge is -2.06. The summed E-state index contributed by atoms with van der Waals surface area (Å²) in [7, 11) is -2.92. The normalized spacial score (nSPS) is 14.0. The average Bonchev–Trinajstić information content (AvgIpc) is 3.32. The summed E-state index contributed by atoms with van der Waals surface area (Å²) in [5, 5.41) is 3.36. The summed E-state index contributed by atoms with van der Waals surface area (Å²) in [4.78, 5) is 7.89. The van der Waals surface area contributed by atoms with Gasteiger partial charge in [0, 0.05) is 24.2 Å². The fourth-order valence-electron chi connectivity index (χ4n) is 2.75. The lowest BCUT2D eigenvalue weighted by molar-refractivity contribution is -0.159. The number of alkyl halides is 3. The predicted octanol–water partition coefficient (Wildman–Crippen LogP) is 4.85. The van der Waals surface area contributed by atoms with Crippen LogP contribution in [0.1, 0.15) is 11.6 Å². The van der Waals surface area contributed by atoms with E-state index in [4.69, 9.17) is 11.6 Å². The molecule has 3 heterocycles. The van der Waals surface area contributed by atoms with Crippen LogP contribution in [0, 0.1) is 5.82 Å². The van der Waals surface area contributed by atoms with E-state index in [1.165, 1.54) is 24.6 Å². The Kier molecular flexibility index (Phi) is 5.21. The topological polar surface area (TPSA) is 85.7 Å². The molecule has 0 aliphatic heterocycles. The van der Waals surface area contributed by atoms with Crippen LogP contribution in [0.15, 0.2) is 56.5 Å². The summed E-state index contributed by atoms with van der Waals surface area (Å²) in [6.45, 7) is -0.0273. The van der Waals surface area contributed by atoms with E-state index < -0.39 is 27.6 Å². The molecule has 0 saturated heterocycles. The lowest BCUT2D eigenvalue weighted by atomic mass is 10.3. The summed E-state index contributed by atoms with van der Waals surface area (Å²) in [6.07, 6.45) is -0.292. The van der Waals surface area contributed by atoms with Crippen LogP contribution in [0.2, 0.25) is 5.02 Å². The standard InChI is InChI=1S/C18H12ClF4N5O2S/c1-31(29,14-4-3-11(20)6-13(14)19)24-7-12-9-28-8-10(2-5-15(28)25-12)16-26-17(30-27-16)18(21,22)23/h2-6,8-9H,7H2,1H3. The van der Waals surface area contributed by atoms with Crippen LogP contribution < -0.4 is 0 Å². The number of aromatic nitrogens is 4. The van der Waals surface area contributed by atoms with Gasteiger partial charge in [-0.2, -0.15) is 18.2 Å². The molecule has 3 aromatic heterocycles. The minimum atomic E-state index is -4.74. The Labute approximate surface area is 177 Å². The number of hydrogen-bond acceptors (Lipinski definition) is 6. The first-order valence-corrected chi connectivity index (χ1v) is 10.8. The Morgan fingerprint density at radius 3 is 2.65 bits per heavy atom. The SMILES string of the molecule is CS(=O)(=NCc1cn2cc(-c3noc(C(F)(F)F)n3)ccc2n1)c1ccc(F)cc1Cl. The van der Waals surface area contributed by atoms with Gasteiger partial charge in [0.25, 0.3) is 0 Å². The number of benzene rings is 1. The number of pyridine rings is 1. The third-order valence-electron chi connectivity index (χ3n) is 4.20. The number of imidazole rings is 1. The molecule has 4 aromatic rings. The average molecular weight is 474 g/mol.